The molecular weight excluding hydrogens is 300 g/mol. The number of thioether (sulfide) groups is 1. The summed E-state index contributed by atoms with van der Waals surface area (Å²) >= 11 is 1.63. The largest absolute Gasteiger partial charge is 0.497 e. The molecule has 0 aliphatic rings. The van der Waals surface area contributed by atoms with Gasteiger partial charge in [0, 0.05) is 23.1 Å². The summed E-state index contributed by atoms with van der Waals surface area (Å²) in [5, 5.41) is 2.81. The fourth-order valence-corrected chi connectivity index (χ4v) is 2.58. The van der Waals surface area contributed by atoms with Gasteiger partial charge in [-0.3, -0.25) is 4.79 Å². The molecule has 1 N–H and O–H groups in total. The van der Waals surface area contributed by atoms with Crippen molar-refractivity contribution in [3.05, 3.63) is 42.6 Å². The number of ether oxygens (including phenoxy) is 2. The number of amides is 1. The third-order valence-corrected chi connectivity index (χ3v) is 3.90. The molecule has 116 valence electrons. The SMILES string of the molecule is COc1ccc(SCCC(=O)Nc2ccc(OC)nc2)cc1. The Morgan fingerprint density at radius 2 is 1.91 bits per heavy atom. The highest BCUT2D eigenvalue weighted by atomic mass is 32.2. The summed E-state index contributed by atoms with van der Waals surface area (Å²) in [6.07, 6.45) is 2.01. The van der Waals surface area contributed by atoms with E-state index in [-0.39, 0.29) is 5.91 Å². The van der Waals surface area contributed by atoms with E-state index in [2.05, 4.69) is 10.3 Å². The predicted octanol–water partition coefficient (Wildman–Crippen LogP) is 3.22. The van der Waals surface area contributed by atoms with Gasteiger partial charge in [-0.2, -0.15) is 0 Å². The normalized spacial score (nSPS) is 10.1. The van der Waals surface area contributed by atoms with Gasteiger partial charge in [0.2, 0.25) is 11.8 Å². The highest BCUT2D eigenvalue weighted by molar-refractivity contribution is 7.99. The first-order valence-corrected chi connectivity index (χ1v) is 7.76. The van der Waals surface area contributed by atoms with Crippen LogP contribution in [0.15, 0.2) is 47.5 Å². The quantitative estimate of drug-likeness (QED) is 0.794. The second-order valence-corrected chi connectivity index (χ2v) is 5.58. The Kier molecular flexibility index (Phi) is 6.09. The maximum absolute atomic E-state index is 11.9. The van der Waals surface area contributed by atoms with Crippen molar-refractivity contribution < 1.29 is 14.3 Å². The lowest BCUT2D eigenvalue weighted by Crippen LogP contribution is -2.12. The summed E-state index contributed by atoms with van der Waals surface area (Å²) in [6, 6.07) is 11.3. The summed E-state index contributed by atoms with van der Waals surface area (Å²) in [6.45, 7) is 0. The average molecular weight is 318 g/mol. The molecule has 1 aromatic heterocycles. The molecule has 0 saturated carbocycles. The number of nitrogens with one attached hydrogen (secondary N) is 1. The van der Waals surface area contributed by atoms with Crippen LogP contribution in [0.2, 0.25) is 0 Å². The lowest BCUT2D eigenvalue weighted by atomic mass is 10.3. The Labute approximate surface area is 134 Å². The zero-order valence-electron chi connectivity index (χ0n) is 12.5. The number of pyridine rings is 1. The molecule has 2 rings (SSSR count). The third kappa shape index (κ3) is 4.96. The first kappa shape index (κ1) is 16.2. The number of aromatic nitrogens is 1. The van der Waals surface area contributed by atoms with Crippen LogP contribution in [0.4, 0.5) is 5.69 Å². The molecule has 1 heterocycles. The van der Waals surface area contributed by atoms with E-state index >= 15 is 0 Å². The zero-order valence-corrected chi connectivity index (χ0v) is 13.4. The number of rotatable bonds is 7. The first-order valence-electron chi connectivity index (χ1n) is 6.78. The van der Waals surface area contributed by atoms with Crippen molar-refractivity contribution in [1.82, 2.24) is 4.98 Å². The minimum absolute atomic E-state index is 0.0343. The van der Waals surface area contributed by atoms with Crippen molar-refractivity contribution in [2.45, 2.75) is 11.3 Å². The van der Waals surface area contributed by atoms with E-state index in [1.54, 1.807) is 44.3 Å². The van der Waals surface area contributed by atoms with Gasteiger partial charge in [-0.05, 0) is 30.3 Å². The van der Waals surface area contributed by atoms with E-state index in [1.807, 2.05) is 24.3 Å². The molecule has 1 amide bonds. The number of nitrogens with zero attached hydrogens (tertiary/aromatic N) is 1. The van der Waals surface area contributed by atoms with Crippen LogP contribution in [-0.4, -0.2) is 30.9 Å². The Morgan fingerprint density at radius 1 is 1.14 bits per heavy atom. The van der Waals surface area contributed by atoms with Crippen molar-refractivity contribution in [2.24, 2.45) is 0 Å². The van der Waals surface area contributed by atoms with Crippen LogP contribution >= 0.6 is 11.8 Å². The molecule has 6 heteroatoms. The lowest BCUT2D eigenvalue weighted by Gasteiger charge is -2.06. The highest BCUT2D eigenvalue weighted by Gasteiger charge is 2.04. The molecule has 0 aliphatic carbocycles. The minimum Gasteiger partial charge on any atom is -0.497 e. The van der Waals surface area contributed by atoms with Crippen molar-refractivity contribution in [2.75, 3.05) is 25.3 Å². The van der Waals surface area contributed by atoms with Crippen molar-refractivity contribution in [1.29, 1.82) is 0 Å². The smallest absolute Gasteiger partial charge is 0.225 e. The van der Waals surface area contributed by atoms with E-state index in [4.69, 9.17) is 9.47 Å². The van der Waals surface area contributed by atoms with Gasteiger partial charge in [0.1, 0.15) is 5.75 Å². The molecule has 0 fully saturated rings. The van der Waals surface area contributed by atoms with Crippen molar-refractivity contribution in [3.63, 3.8) is 0 Å². The summed E-state index contributed by atoms with van der Waals surface area (Å²) in [7, 11) is 3.19. The van der Waals surface area contributed by atoms with Gasteiger partial charge in [-0.15, -0.1) is 11.8 Å². The van der Waals surface area contributed by atoms with Crippen LogP contribution in [0.25, 0.3) is 0 Å². The van der Waals surface area contributed by atoms with Gasteiger partial charge in [0.05, 0.1) is 26.1 Å². The number of hydrogen-bond donors (Lipinski definition) is 1. The first-order chi connectivity index (χ1) is 10.7. The fourth-order valence-electron chi connectivity index (χ4n) is 1.73. The number of carbonyl (C=O) groups excluding carboxylic acids is 1. The molecule has 0 bridgehead atoms. The van der Waals surface area contributed by atoms with Gasteiger partial charge in [0.15, 0.2) is 0 Å². The van der Waals surface area contributed by atoms with E-state index in [1.165, 1.54) is 0 Å². The minimum atomic E-state index is -0.0343. The molecule has 2 aromatic rings. The summed E-state index contributed by atoms with van der Waals surface area (Å²) in [5.41, 5.74) is 0.667. The topological polar surface area (TPSA) is 60.5 Å². The van der Waals surface area contributed by atoms with Gasteiger partial charge in [-0.25, -0.2) is 4.98 Å². The van der Waals surface area contributed by atoms with Crippen LogP contribution in [0.5, 0.6) is 11.6 Å². The van der Waals surface area contributed by atoms with Gasteiger partial charge in [-0.1, -0.05) is 0 Å². The summed E-state index contributed by atoms with van der Waals surface area (Å²) in [4.78, 5) is 17.0. The van der Waals surface area contributed by atoms with Crippen LogP contribution < -0.4 is 14.8 Å². The fraction of sp³-hybridized carbons (Fsp3) is 0.250. The highest BCUT2D eigenvalue weighted by Crippen LogP contribution is 2.22. The zero-order chi connectivity index (χ0) is 15.8. The number of carbonyl (C=O) groups is 1. The molecule has 0 atom stereocenters. The second-order valence-electron chi connectivity index (χ2n) is 4.41. The molecule has 0 spiro atoms. The third-order valence-electron chi connectivity index (χ3n) is 2.89. The van der Waals surface area contributed by atoms with Gasteiger partial charge < -0.3 is 14.8 Å². The Hall–Kier alpha value is -2.21. The van der Waals surface area contributed by atoms with Crippen LogP contribution in [-0.2, 0) is 4.79 Å². The molecule has 0 unspecified atom stereocenters. The van der Waals surface area contributed by atoms with E-state index in [0.29, 0.717) is 23.7 Å². The molecule has 0 saturated heterocycles. The van der Waals surface area contributed by atoms with Crippen molar-refractivity contribution >= 4 is 23.4 Å². The molecule has 5 nitrogen and oxygen atoms in total. The van der Waals surface area contributed by atoms with Crippen molar-refractivity contribution in [3.8, 4) is 11.6 Å². The van der Waals surface area contributed by atoms with Gasteiger partial charge in [0.25, 0.3) is 0 Å². The maximum atomic E-state index is 11.9. The van der Waals surface area contributed by atoms with Gasteiger partial charge >= 0.3 is 0 Å². The van der Waals surface area contributed by atoms with E-state index in [9.17, 15) is 4.79 Å². The lowest BCUT2D eigenvalue weighted by molar-refractivity contribution is -0.115. The Balaban J connectivity index is 1.74. The monoisotopic (exact) mass is 318 g/mol. The number of methoxy groups -OCH3 is 2. The predicted molar refractivity (Wildman–Crippen MR) is 87.8 cm³/mol. The number of benzene rings is 1. The maximum Gasteiger partial charge on any atom is 0.225 e. The second kappa shape index (κ2) is 8.29. The number of hydrogen-bond acceptors (Lipinski definition) is 5. The Bertz CT molecular complexity index is 600. The van der Waals surface area contributed by atoms with Crippen LogP contribution in [0.1, 0.15) is 6.42 Å². The summed E-state index contributed by atoms with van der Waals surface area (Å²) < 4.78 is 10.1. The van der Waals surface area contributed by atoms with Crippen LogP contribution in [0.3, 0.4) is 0 Å². The standard InChI is InChI=1S/C16H18N2O3S/c1-20-13-4-6-14(7-5-13)22-10-9-15(19)18-12-3-8-16(21-2)17-11-12/h3-8,11H,9-10H2,1-2H3,(H,18,19). The van der Waals surface area contributed by atoms with Crippen LogP contribution in [0, 0.1) is 0 Å². The Morgan fingerprint density at radius 3 is 2.50 bits per heavy atom. The molecule has 1 aromatic carbocycles. The summed E-state index contributed by atoms with van der Waals surface area (Å²) in [5.74, 6) is 2.03. The molecular formula is C16H18N2O3S. The number of anilines is 1. The van der Waals surface area contributed by atoms with E-state index < -0.39 is 0 Å². The van der Waals surface area contributed by atoms with E-state index in [0.717, 1.165) is 10.6 Å². The molecule has 0 aliphatic heterocycles. The molecule has 22 heavy (non-hydrogen) atoms. The molecule has 0 radical (unpaired) electrons. The average Bonchev–Trinajstić information content (AvgIpc) is 2.56.